The van der Waals surface area contributed by atoms with Crippen LogP contribution in [0, 0.1) is 6.92 Å². The van der Waals surface area contributed by atoms with Crippen LogP contribution in [0.4, 0.5) is 5.69 Å². The number of nitrogens with zero attached hydrogens (tertiary/aromatic N) is 1. The zero-order chi connectivity index (χ0) is 8.97. The first-order valence-electron chi connectivity index (χ1n) is 4.29. The summed E-state index contributed by atoms with van der Waals surface area (Å²) in [5.41, 5.74) is 2.64. The first-order chi connectivity index (χ1) is 5.74. The zero-order valence-electron chi connectivity index (χ0n) is 7.88. The van der Waals surface area contributed by atoms with Crippen molar-refractivity contribution in [1.82, 2.24) is 0 Å². The van der Waals surface area contributed by atoms with Crippen LogP contribution < -0.4 is 4.90 Å². The van der Waals surface area contributed by atoms with Gasteiger partial charge in [0.25, 0.3) is 0 Å². The van der Waals surface area contributed by atoms with Gasteiger partial charge < -0.3 is 4.90 Å². The van der Waals surface area contributed by atoms with E-state index in [1.165, 1.54) is 11.3 Å². The van der Waals surface area contributed by atoms with E-state index in [1.807, 2.05) is 0 Å². The van der Waals surface area contributed by atoms with Gasteiger partial charge in [0.2, 0.25) is 0 Å². The lowest BCUT2D eigenvalue weighted by atomic mass is 10.1. The highest BCUT2D eigenvalue weighted by atomic mass is 15.1. The van der Waals surface area contributed by atoms with Crippen LogP contribution in [0.25, 0.3) is 0 Å². The average molecular weight is 162 g/mol. The van der Waals surface area contributed by atoms with E-state index in [-0.39, 0.29) is 0 Å². The van der Waals surface area contributed by atoms with Gasteiger partial charge in [0.05, 0.1) is 0 Å². The summed E-state index contributed by atoms with van der Waals surface area (Å²) in [4.78, 5) is 2.12. The van der Waals surface area contributed by atoms with Crippen LogP contribution in [0.3, 0.4) is 0 Å². The molecular weight excluding hydrogens is 146 g/mol. The molecule has 0 aliphatic rings. The molecule has 0 saturated heterocycles. The molecule has 1 aromatic rings. The Kier molecular flexibility index (Phi) is 3.15. The Morgan fingerprint density at radius 3 is 2.67 bits per heavy atom. The Morgan fingerprint density at radius 1 is 1.33 bits per heavy atom. The summed E-state index contributed by atoms with van der Waals surface area (Å²) in [6.45, 7) is 3.84. The van der Waals surface area contributed by atoms with E-state index in [0.29, 0.717) is 0 Å². The quantitative estimate of drug-likeness (QED) is 0.660. The van der Waals surface area contributed by atoms with Crippen LogP contribution >= 0.6 is 0 Å². The largest absolute Gasteiger partial charge is 0.378 e. The van der Waals surface area contributed by atoms with Crippen molar-refractivity contribution in [3.05, 3.63) is 36.8 Å². The molecule has 0 N–H and O–H groups in total. The highest BCUT2D eigenvalue weighted by molar-refractivity contribution is 5.47. The second kappa shape index (κ2) is 4.15. The van der Waals surface area contributed by atoms with Gasteiger partial charge in [-0.15, -0.1) is 0 Å². The molecule has 1 rings (SSSR count). The minimum Gasteiger partial charge on any atom is -0.378 e. The van der Waals surface area contributed by atoms with Crippen molar-refractivity contribution in [3.63, 3.8) is 0 Å². The molecule has 0 fully saturated rings. The summed E-state index contributed by atoms with van der Waals surface area (Å²) in [7, 11) is 4.12. The number of anilines is 1. The van der Waals surface area contributed by atoms with E-state index >= 15 is 0 Å². The summed E-state index contributed by atoms with van der Waals surface area (Å²) in [6.07, 6.45) is 2.04. The third kappa shape index (κ3) is 2.26. The minimum absolute atomic E-state index is 0.969. The molecular formula is C11H16N. The van der Waals surface area contributed by atoms with E-state index in [1.54, 1.807) is 0 Å². The third-order valence-corrected chi connectivity index (χ3v) is 1.89. The molecule has 0 saturated carbocycles. The molecule has 0 aliphatic heterocycles. The van der Waals surface area contributed by atoms with E-state index in [4.69, 9.17) is 0 Å². The van der Waals surface area contributed by atoms with Gasteiger partial charge in [0, 0.05) is 19.8 Å². The van der Waals surface area contributed by atoms with E-state index in [0.717, 1.165) is 12.8 Å². The first-order valence-corrected chi connectivity index (χ1v) is 4.29. The molecule has 1 nitrogen and oxygen atoms in total. The fourth-order valence-corrected chi connectivity index (χ4v) is 1.19. The Bertz CT molecular complexity index is 241. The molecule has 0 aliphatic carbocycles. The fourth-order valence-electron chi connectivity index (χ4n) is 1.19. The molecule has 0 atom stereocenters. The van der Waals surface area contributed by atoms with Gasteiger partial charge in [0.15, 0.2) is 0 Å². The summed E-state index contributed by atoms with van der Waals surface area (Å²) < 4.78 is 0. The molecule has 12 heavy (non-hydrogen) atoms. The van der Waals surface area contributed by atoms with Crippen LogP contribution in [-0.4, -0.2) is 14.1 Å². The number of benzene rings is 1. The van der Waals surface area contributed by atoms with Crippen molar-refractivity contribution in [2.24, 2.45) is 0 Å². The molecule has 0 unspecified atom stereocenters. The van der Waals surface area contributed by atoms with Crippen LogP contribution in [0.1, 0.15) is 12.0 Å². The van der Waals surface area contributed by atoms with E-state index < -0.39 is 0 Å². The highest BCUT2D eigenvalue weighted by Crippen LogP contribution is 2.14. The summed E-state index contributed by atoms with van der Waals surface area (Å²) >= 11 is 0. The van der Waals surface area contributed by atoms with Crippen LogP contribution in [0.5, 0.6) is 0 Å². The molecule has 1 radical (unpaired) electrons. The normalized spacial score (nSPS) is 9.92. The smallest absolute Gasteiger partial charge is 0.0363 e. The summed E-state index contributed by atoms with van der Waals surface area (Å²) in [5, 5.41) is 0. The van der Waals surface area contributed by atoms with Gasteiger partial charge in [0.1, 0.15) is 0 Å². The predicted molar refractivity (Wildman–Crippen MR) is 54.4 cm³/mol. The van der Waals surface area contributed by atoms with Crippen LogP contribution in [0.2, 0.25) is 0 Å². The monoisotopic (exact) mass is 162 g/mol. The topological polar surface area (TPSA) is 3.24 Å². The molecule has 0 heterocycles. The minimum atomic E-state index is 0.969. The molecule has 65 valence electrons. The Balaban J connectivity index is 2.81. The van der Waals surface area contributed by atoms with Crippen LogP contribution in [0.15, 0.2) is 24.3 Å². The Labute approximate surface area is 75.0 Å². The maximum absolute atomic E-state index is 3.84. The van der Waals surface area contributed by atoms with Crippen LogP contribution in [-0.2, 0) is 6.42 Å². The van der Waals surface area contributed by atoms with Crippen molar-refractivity contribution in [2.75, 3.05) is 19.0 Å². The van der Waals surface area contributed by atoms with Crippen molar-refractivity contribution >= 4 is 5.69 Å². The second-order valence-electron chi connectivity index (χ2n) is 3.17. The van der Waals surface area contributed by atoms with Gasteiger partial charge in [-0.2, -0.15) is 0 Å². The van der Waals surface area contributed by atoms with E-state index in [9.17, 15) is 0 Å². The lowest BCUT2D eigenvalue weighted by Crippen LogP contribution is -2.08. The maximum atomic E-state index is 3.84. The first kappa shape index (κ1) is 9.11. The molecule has 0 bridgehead atoms. The standard InChI is InChI=1S/C11H16N/c1-4-6-10-7-5-8-11(9-10)12(2)3/h5,7-9H,1,4,6H2,2-3H3. The van der Waals surface area contributed by atoms with Crippen molar-refractivity contribution in [1.29, 1.82) is 0 Å². The summed E-state index contributed by atoms with van der Waals surface area (Å²) in [6, 6.07) is 8.58. The SMILES string of the molecule is [CH2]CCc1cccc(N(C)C)c1. The van der Waals surface area contributed by atoms with Gasteiger partial charge in [-0.05, 0) is 30.5 Å². The van der Waals surface area contributed by atoms with Gasteiger partial charge in [-0.25, -0.2) is 0 Å². The Morgan fingerprint density at radius 2 is 2.08 bits per heavy atom. The van der Waals surface area contributed by atoms with Crippen molar-refractivity contribution < 1.29 is 0 Å². The third-order valence-electron chi connectivity index (χ3n) is 1.89. The summed E-state index contributed by atoms with van der Waals surface area (Å²) in [5.74, 6) is 0. The maximum Gasteiger partial charge on any atom is 0.0363 e. The lowest BCUT2D eigenvalue weighted by Gasteiger charge is -2.13. The molecule has 0 aromatic heterocycles. The molecule has 1 aromatic carbocycles. The molecule has 0 spiro atoms. The highest BCUT2D eigenvalue weighted by Gasteiger charge is 1.95. The van der Waals surface area contributed by atoms with E-state index in [2.05, 4.69) is 50.2 Å². The fraction of sp³-hybridized carbons (Fsp3) is 0.364. The number of rotatable bonds is 3. The van der Waals surface area contributed by atoms with Gasteiger partial charge in [-0.3, -0.25) is 0 Å². The molecule has 0 amide bonds. The number of aryl methyl sites for hydroxylation is 1. The van der Waals surface area contributed by atoms with Crippen molar-refractivity contribution in [3.8, 4) is 0 Å². The predicted octanol–water partition coefficient (Wildman–Crippen LogP) is 2.52. The van der Waals surface area contributed by atoms with Gasteiger partial charge in [-0.1, -0.05) is 19.1 Å². The number of hydrogen-bond donors (Lipinski definition) is 0. The van der Waals surface area contributed by atoms with Crippen molar-refractivity contribution in [2.45, 2.75) is 12.8 Å². The average Bonchev–Trinajstić information content (AvgIpc) is 2.05. The Hall–Kier alpha value is -0.980. The second-order valence-corrected chi connectivity index (χ2v) is 3.17. The van der Waals surface area contributed by atoms with Gasteiger partial charge >= 0.3 is 0 Å². The lowest BCUT2D eigenvalue weighted by molar-refractivity contribution is 0.994. The molecule has 1 heteroatoms. The zero-order valence-corrected chi connectivity index (χ0v) is 7.88. The number of hydrogen-bond acceptors (Lipinski definition) is 1.